The SMILES string of the molecule is Cc1ccc(Br)c(C(=O)NCC2CCSC2)c1. The van der Waals surface area contributed by atoms with Crippen LogP contribution in [0.1, 0.15) is 22.3 Å². The van der Waals surface area contributed by atoms with Gasteiger partial charge in [-0.3, -0.25) is 4.79 Å². The quantitative estimate of drug-likeness (QED) is 0.928. The van der Waals surface area contributed by atoms with E-state index in [9.17, 15) is 4.79 Å². The molecule has 0 bridgehead atoms. The van der Waals surface area contributed by atoms with Gasteiger partial charge in [0.05, 0.1) is 5.56 Å². The lowest BCUT2D eigenvalue weighted by atomic mass is 10.1. The minimum Gasteiger partial charge on any atom is -0.352 e. The highest BCUT2D eigenvalue weighted by Crippen LogP contribution is 2.23. The topological polar surface area (TPSA) is 29.1 Å². The van der Waals surface area contributed by atoms with E-state index in [0.717, 1.165) is 22.1 Å². The van der Waals surface area contributed by atoms with Crippen molar-refractivity contribution in [2.75, 3.05) is 18.1 Å². The summed E-state index contributed by atoms with van der Waals surface area (Å²) in [6, 6.07) is 5.84. The molecule has 0 spiro atoms. The van der Waals surface area contributed by atoms with Crippen LogP contribution in [0.3, 0.4) is 0 Å². The second-order valence-corrected chi connectivity index (χ2v) is 6.43. The van der Waals surface area contributed by atoms with Crippen LogP contribution >= 0.6 is 27.7 Å². The molecule has 1 aromatic rings. The predicted octanol–water partition coefficient (Wildman–Crippen LogP) is 3.24. The van der Waals surface area contributed by atoms with Crippen LogP contribution in [0.25, 0.3) is 0 Å². The van der Waals surface area contributed by atoms with Gasteiger partial charge in [0.15, 0.2) is 0 Å². The summed E-state index contributed by atoms with van der Waals surface area (Å²) in [5.74, 6) is 3.08. The number of carbonyl (C=O) groups is 1. The molecule has 1 aliphatic heterocycles. The molecule has 1 heterocycles. The summed E-state index contributed by atoms with van der Waals surface area (Å²) in [6.45, 7) is 2.79. The number of benzene rings is 1. The number of hydrogen-bond donors (Lipinski definition) is 1. The van der Waals surface area contributed by atoms with Gasteiger partial charge in [-0.25, -0.2) is 0 Å². The smallest absolute Gasteiger partial charge is 0.252 e. The average Bonchev–Trinajstić information content (AvgIpc) is 2.82. The minimum atomic E-state index is 0.0254. The van der Waals surface area contributed by atoms with Gasteiger partial charge in [-0.1, -0.05) is 11.6 Å². The van der Waals surface area contributed by atoms with Gasteiger partial charge < -0.3 is 5.32 Å². The number of rotatable bonds is 3. The minimum absolute atomic E-state index is 0.0254. The van der Waals surface area contributed by atoms with Gasteiger partial charge in [0.1, 0.15) is 0 Å². The van der Waals surface area contributed by atoms with Crippen LogP contribution in [-0.4, -0.2) is 24.0 Å². The molecule has 1 N–H and O–H groups in total. The Balaban J connectivity index is 1.96. The van der Waals surface area contributed by atoms with Crippen LogP contribution in [0, 0.1) is 12.8 Å². The molecule has 0 aromatic heterocycles. The molecular weight excluding hydrogens is 298 g/mol. The summed E-state index contributed by atoms with van der Waals surface area (Å²) >= 11 is 5.39. The molecule has 1 unspecified atom stereocenters. The van der Waals surface area contributed by atoms with Crippen molar-refractivity contribution in [3.63, 3.8) is 0 Å². The zero-order valence-corrected chi connectivity index (χ0v) is 12.2. The molecule has 4 heteroatoms. The van der Waals surface area contributed by atoms with Gasteiger partial charge >= 0.3 is 0 Å². The molecule has 0 saturated carbocycles. The first-order valence-corrected chi connectivity index (χ1v) is 7.73. The Morgan fingerprint density at radius 3 is 3.12 bits per heavy atom. The van der Waals surface area contributed by atoms with Crippen LogP contribution in [0.5, 0.6) is 0 Å². The summed E-state index contributed by atoms with van der Waals surface area (Å²) < 4.78 is 0.862. The molecule has 0 radical (unpaired) electrons. The van der Waals surface area contributed by atoms with E-state index in [2.05, 4.69) is 21.2 Å². The fourth-order valence-corrected chi connectivity index (χ4v) is 3.60. The van der Waals surface area contributed by atoms with Gasteiger partial charge in [-0.15, -0.1) is 0 Å². The van der Waals surface area contributed by atoms with E-state index >= 15 is 0 Å². The number of nitrogens with one attached hydrogen (secondary N) is 1. The second kappa shape index (κ2) is 5.91. The summed E-state index contributed by atoms with van der Waals surface area (Å²) in [4.78, 5) is 12.0. The maximum absolute atomic E-state index is 12.0. The number of hydrogen-bond acceptors (Lipinski definition) is 2. The molecule has 1 amide bonds. The molecule has 2 rings (SSSR count). The standard InChI is InChI=1S/C13H16BrNOS/c1-9-2-3-12(14)11(6-9)13(16)15-7-10-4-5-17-8-10/h2-3,6,10H,4-5,7-8H2,1H3,(H,15,16). The molecule has 1 aromatic carbocycles. The summed E-state index contributed by atoms with van der Waals surface area (Å²) in [7, 11) is 0. The zero-order chi connectivity index (χ0) is 12.3. The maximum atomic E-state index is 12.0. The average molecular weight is 314 g/mol. The first-order chi connectivity index (χ1) is 8.16. The van der Waals surface area contributed by atoms with Gasteiger partial charge in [0.25, 0.3) is 5.91 Å². The zero-order valence-electron chi connectivity index (χ0n) is 9.83. The van der Waals surface area contributed by atoms with Crippen molar-refractivity contribution in [1.29, 1.82) is 0 Å². The number of aryl methyl sites for hydroxylation is 1. The Kier molecular flexibility index (Phi) is 4.51. The van der Waals surface area contributed by atoms with Crippen molar-refractivity contribution in [3.8, 4) is 0 Å². The Morgan fingerprint density at radius 2 is 2.41 bits per heavy atom. The molecule has 1 fully saturated rings. The highest BCUT2D eigenvalue weighted by molar-refractivity contribution is 9.10. The van der Waals surface area contributed by atoms with E-state index in [1.807, 2.05) is 36.9 Å². The van der Waals surface area contributed by atoms with E-state index in [1.54, 1.807) is 0 Å². The van der Waals surface area contributed by atoms with E-state index < -0.39 is 0 Å². The van der Waals surface area contributed by atoms with Gasteiger partial charge in [0, 0.05) is 11.0 Å². The van der Waals surface area contributed by atoms with Gasteiger partial charge in [-0.05, 0) is 58.8 Å². The summed E-state index contributed by atoms with van der Waals surface area (Å²) in [6.07, 6.45) is 1.22. The van der Waals surface area contributed by atoms with Crippen molar-refractivity contribution in [1.82, 2.24) is 5.32 Å². The van der Waals surface area contributed by atoms with Crippen molar-refractivity contribution in [2.45, 2.75) is 13.3 Å². The first-order valence-electron chi connectivity index (χ1n) is 5.79. The second-order valence-electron chi connectivity index (χ2n) is 4.42. The normalized spacial score (nSPS) is 19.3. The van der Waals surface area contributed by atoms with Crippen LogP contribution in [0.15, 0.2) is 22.7 Å². The van der Waals surface area contributed by atoms with Crippen LogP contribution in [0.2, 0.25) is 0 Å². The first kappa shape index (κ1) is 13.0. The molecule has 1 aliphatic rings. The summed E-state index contributed by atoms with van der Waals surface area (Å²) in [5.41, 5.74) is 1.84. The molecule has 2 nitrogen and oxygen atoms in total. The van der Waals surface area contributed by atoms with E-state index in [4.69, 9.17) is 0 Å². The Labute approximate surface area is 115 Å². The fraction of sp³-hybridized carbons (Fsp3) is 0.462. The largest absolute Gasteiger partial charge is 0.352 e. The lowest BCUT2D eigenvalue weighted by molar-refractivity contribution is 0.0947. The maximum Gasteiger partial charge on any atom is 0.252 e. The third kappa shape index (κ3) is 3.49. The Morgan fingerprint density at radius 1 is 1.59 bits per heavy atom. The fourth-order valence-electron chi connectivity index (χ4n) is 1.89. The molecular formula is C13H16BrNOS. The van der Waals surface area contributed by atoms with Crippen LogP contribution in [0.4, 0.5) is 0 Å². The van der Waals surface area contributed by atoms with Gasteiger partial charge in [-0.2, -0.15) is 11.8 Å². The lowest BCUT2D eigenvalue weighted by Gasteiger charge is -2.11. The molecule has 17 heavy (non-hydrogen) atoms. The number of amides is 1. The summed E-state index contributed by atoms with van der Waals surface area (Å²) in [5, 5.41) is 3.03. The Hall–Kier alpha value is -0.480. The van der Waals surface area contributed by atoms with Crippen LogP contribution < -0.4 is 5.32 Å². The van der Waals surface area contributed by atoms with Crippen molar-refractivity contribution in [2.24, 2.45) is 5.92 Å². The number of thioether (sulfide) groups is 1. The molecule has 1 atom stereocenters. The van der Waals surface area contributed by atoms with Gasteiger partial charge in [0.2, 0.25) is 0 Å². The molecule has 0 aliphatic carbocycles. The highest BCUT2D eigenvalue weighted by atomic mass is 79.9. The number of halogens is 1. The van der Waals surface area contributed by atoms with Crippen molar-refractivity contribution in [3.05, 3.63) is 33.8 Å². The van der Waals surface area contributed by atoms with Crippen molar-refractivity contribution >= 4 is 33.6 Å². The third-order valence-electron chi connectivity index (χ3n) is 2.94. The van der Waals surface area contributed by atoms with Crippen LogP contribution in [-0.2, 0) is 0 Å². The Bertz CT molecular complexity index is 416. The van der Waals surface area contributed by atoms with Crippen molar-refractivity contribution < 1.29 is 4.79 Å². The third-order valence-corrected chi connectivity index (χ3v) is 4.86. The van der Waals surface area contributed by atoms with E-state index in [-0.39, 0.29) is 5.91 Å². The monoisotopic (exact) mass is 313 g/mol. The lowest BCUT2D eigenvalue weighted by Crippen LogP contribution is -2.29. The number of carbonyl (C=O) groups excluding carboxylic acids is 1. The predicted molar refractivity (Wildman–Crippen MR) is 76.6 cm³/mol. The highest BCUT2D eigenvalue weighted by Gasteiger charge is 2.17. The molecule has 1 saturated heterocycles. The molecule has 92 valence electrons. The van der Waals surface area contributed by atoms with E-state index in [0.29, 0.717) is 5.92 Å². The van der Waals surface area contributed by atoms with E-state index in [1.165, 1.54) is 17.9 Å².